The van der Waals surface area contributed by atoms with Crippen LogP contribution < -0.4 is 0 Å². The highest BCUT2D eigenvalue weighted by Crippen LogP contribution is 2.42. The van der Waals surface area contributed by atoms with Crippen LogP contribution >= 0.6 is 11.9 Å². The molecule has 0 spiro atoms. The van der Waals surface area contributed by atoms with Gasteiger partial charge in [-0.15, -0.1) is 0 Å². The van der Waals surface area contributed by atoms with Gasteiger partial charge >= 0.3 is 0 Å². The Labute approximate surface area is 89.1 Å². The van der Waals surface area contributed by atoms with Crippen LogP contribution in [-0.2, 0) is 0 Å². The van der Waals surface area contributed by atoms with Crippen molar-refractivity contribution in [2.24, 2.45) is 0 Å². The molecule has 0 fully saturated rings. The number of benzene rings is 1. The number of unbranched alkanes of at least 4 members (excludes halogenated alkanes) is 1. The van der Waals surface area contributed by atoms with Crippen molar-refractivity contribution < 1.29 is 5.11 Å². The second-order valence-corrected chi connectivity index (χ2v) is 4.59. The summed E-state index contributed by atoms with van der Waals surface area (Å²) >= 11 is 1.67. The fourth-order valence-corrected chi connectivity index (χ4v) is 2.69. The van der Waals surface area contributed by atoms with Crippen molar-refractivity contribution >= 4 is 11.9 Å². The molecule has 2 rings (SSSR count). The number of hydrogen-bond donors (Lipinski definition) is 1. The van der Waals surface area contributed by atoms with Gasteiger partial charge in [-0.05, 0) is 24.4 Å². The fourth-order valence-electron chi connectivity index (χ4n) is 1.59. The van der Waals surface area contributed by atoms with Gasteiger partial charge in [0, 0.05) is 17.0 Å². The van der Waals surface area contributed by atoms with Crippen LogP contribution in [0.3, 0.4) is 0 Å². The maximum atomic E-state index is 9.97. The Morgan fingerprint density at radius 3 is 2.93 bits per heavy atom. The molecule has 0 saturated heterocycles. The second kappa shape index (κ2) is 4.34. The highest BCUT2D eigenvalue weighted by molar-refractivity contribution is 7.97. The molecule has 76 valence electrons. The number of aliphatic hydroxyl groups excluding tert-OH is 1. The minimum absolute atomic E-state index is 0.414. The molecule has 0 aliphatic carbocycles. The highest BCUT2D eigenvalue weighted by atomic mass is 32.2. The molecule has 14 heavy (non-hydrogen) atoms. The van der Waals surface area contributed by atoms with Crippen molar-refractivity contribution in [2.45, 2.75) is 30.9 Å². The van der Waals surface area contributed by atoms with E-state index in [1.807, 2.05) is 22.5 Å². The zero-order chi connectivity index (χ0) is 9.97. The van der Waals surface area contributed by atoms with Crippen LogP contribution in [0.2, 0.25) is 0 Å². The number of rotatable bonds is 3. The van der Waals surface area contributed by atoms with Gasteiger partial charge < -0.3 is 5.11 Å². The first kappa shape index (κ1) is 10.0. The van der Waals surface area contributed by atoms with E-state index in [0.29, 0.717) is 0 Å². The van der Waals surface area contributed by atoms with Gasteiger partial charge in [-0.25, -0.2) is 4.31 Å². The Morgan fingerprint density at radius 2 is 2.21 bits per heavy atom. The topological polar surface area (TPSA) is 23.5 Å². The largest absolute Gasteiger partial charge is 0.373 e. The van der Waals surface area contributed by atoms with Gasteiger partial charge in [0.1, 0.15) is 6.23 Å². The van der Waals surface area contributed by atoms with Crippen LogP contribution in [0.5, 0.6) is 0 Å². The monoisotopic (exact) mass is 209 g/mol. The van der Waals surface area contributed by atoms with Crippen LogP contribution in [-0.4, -0.2) is 16.0 Å². The molecule has 1 aromatic carbocycles. The number of aliphatic hydroxyl groups is 1. The number of nitrogens with zero attached hydrogens (tertiary/aromatic N) is 1. The molecule has 1 N–H and O–H groups in total. The SMILES string of the molecule is CCCCN1Sc2ccccc2C1O. The quantitative estimate of drug-likeness (QED) is 0.774. The molecule has 0 amide bonds. The summed E-state index contributed by atoms with van der Waals surface area (Å²) in [4.78, 5) is 1.19. The zero-order valence-electron chi connectivity index (χ0n) is 8.31. The third-order valence-corrected chi connectivity index (χ3v) is 3.60. The normalized spacial score (nSPS) is 21.1. The second-order valence-electron chi connectivity index (χ2n) is 3.50. The fraction of sp³-hybridized carbons (Fsp3) is 0.455. The maximum absolute atomic E-state index is 9.97. The van der Waals surface area contributed by atoms with Crippen molar-refractivity contribution in [1.29, 1.82) is 0 Å². The van der Waals surface area contributed by atoms with Crippen molar-refractivity contribution in [3.05, 3.63) is 29.8 Å². The van der Waals surface area contributed by atoms with Crippen molar-refractivity contribution in [2.75, 3.05) is 6.54 Å². The van der Waals surface area contributed by atoms with Gasteiger partial charge in [0.15, 0.2) is 0 Å². The summed E-state index contributed by atoms with van der Waals surface area (Å²) in [5, 5.41) is 9.97. The summed E-state index contributed by atoms with van der Waals surface area (Å²) in [5.74, 6) is 0. The Bertz CT molecular complexity index is 316. The van der Waals surface area contributed by atoms with Gasteiger partial charge in [0.25, 0.3) is 0 Å². The zero-order valence-corrected chi connectivity index (χ0v) is 9.13. The van der Waals surface area contributed by atoms with E-state index in [1.165, 1.54) is 11.3 Å². The summed E-state index contributed by atoms with van der Waals surface area (Å²) in [6.45, 7) is 3.12. The number of hydrogen-bond acceptors (Lipinski definition) is 3. The summed E-state index contributed by atoms with van der Waals surface area (Å²) < 4.78 is 2.05. The van der Waals surface area contributed by atoms with Crippen LogP contribution in [0.15, 0.2) is 29.2 Å². The minimum Gasteiger partial charge on any atom is -0.373 e. The molecule has 1 heterocycles. The Kier molecular flexibility index (Phi) is 3.11. The summed E-state index contributed by atoms with van der Waals surface area (Å²) in [6.07, 6.45) is 1.89. The Balaban J connectivity index is 2.09. The smallest absolute Gasteiger partial charge is 0.143 e. The lowest BCUT2D eigenvalue weighted by atomic mass is 10.2. The summed E-state index contributed by atoms with van der Waals surface area (Å²) in [5.41, 5.74) is 1.05. The number of fused-ring (bicyclic) bond motifs is 1. The van der Waals surface area contributed by atoms with E-state index in [4.69, 9.17) is 0 Å². The Hall–Kier alpha value is -0.510. The molecular weight excluding hydrogens is 194 g/mol. The molecule has 1 aliphatic rings. The maximum Gasteiger partial charge on any atom is 0.143 e. The lowest BCUT2D eigenvalue weighted by molar-refractivity contribution is 0.0745. The van der Waals surface area contributed by atoms with E-state index in [9.17, 15) is 5.11 Å². The van der Waals surface area contributed by atoms with Gasteiger partial charge in [0.2, 0.25) is 0 Å². The van der Waals surface area contributed by atoms with Crippen molar-refractivity contribution in [3.63, 3.8) is 0 Å². The van der Waals surface area contributed by atoms with Gasteiger partial charge in [-0.3, -0.25) is 0 Å². The molecule has 1 aliphatic heterocycles. The highest BCUT2D eigenvalue weighted by Gasteiger charge is 2.28. The first-order valence-corrected chi connectivity index (χ1v) is 5.82. The predicted molar refractivity (Wildman–Crippen MR) is 58.9 cm³/mol. The van der Waals surface area contributed by atoms with Crippen LogP contribution in [0, 0.1) is 0 Å². The first-order valence-electron chi connectivity index (χ1n) is 5.04. The third kappa shape index (κ3) is 1.80. The third-order valence-electron chi connectivity index (χ3n) is 2.42. The van der Waals surface area contributed by atoms with E-state index in [1.54, 1.807) is 11.9 Å². The summed E-state index contributed by atoms with van der Waals surface area (Å²) in [7, 11) is 0. The molecule has 3 heteroatoms. The van der Waals surface area contributed by atoms with Crippen molar-refractivity contribution in [3.8, 4) is 0 Å². The van der Waals surface area contributed by atoms with E-state index < -0.39 is 6.23 Å². The standard InChI is InChI=1S/C11H15NOS/c1-2-3-8-12-11(13)9-6-4-5-7-10(9)14-12/h4-7,11,13H,2-3,8H2,1H3. The van der Waals surface area contributed by atoms with E-state index in [2.05, 4.69) is 13.0 Å². The molecule has 2 nitrogen and oxygen atoms in total. The van der Waals surface area contributed by atoms with Gasteiger partial charge in [0.05, 0.1) is 0 Å². The molecule has 1 aromatic rings. The van der Waals surface area contributed by atoms with Crippen molar-refractivity contribution in [1.82, 2.24) is 4.31 Å². The van der Waals surface area contributed by atoms with E-state index >= 15 is 0 Å². The van der Waals surface area contributed by atoms with Gasteiger partial charge in [-0.1, -0.05) is 31.5 Å². The lowest BCUT2D eigenvalue weighted by Crippen LogP contribution is -2.17. The predicted octanol–water partition coefficient (Wildman–Crippen LogP) is 2.80. The van der Waals surface area contributed by atoms with E-state index in [-0.39, 0.29) is 0 Å². The Morgan fingerprint density at radius 1 is 1.43 bits per heavy atom. The molecule has 0 aromatic heterocycles. The minimum atomic E-state index is -0.414. The van der Waals surface area contributed by atoms with Gasteiger partial charge in [-0.2, -0.15) is 0 Å². The first-order chi connectivity index (χ1) is 6.83. The molecule has 1 unspecified atom stereocenters. The van der Waals surface area contributed by atoms with Crippen LogP contribution in [0.1, 0.15) is 31.6 Å². The van der Waals surface area contributed by atoms with E-state index in [0.717, 1.165) is 18.5 Å². The molecule has 0 saturated carbocycles. The van der Waals surface area contributed by atoms with Crippen LogP contribution in [0.25, 0.3) is 0 Å². The lowest BCUT2D eigenvalue weighted by Gasteiger charge is -2.17. The molecule has 0 radical (unpaired) electrons. The average Bonchev–Trinajstić information content (AvgIpc) is 2.54. The van der Waals surface area contributed by atoms with Crippen LogP contribution in [0.4, 0.5) is 0 Å². The average molecular weight is 209 g/mol. The molecule has 1 atom stereocenters. The molecule has 0 bridgehead atoms. The molecular formula is C11H15NOS. The summed E-state index contributed by atoms with van der Waals surface area (Å²) in [6, 6.07) is 8.06.